The van der Waals surface area contributed by atoms with Gasteiger partial charge < -0.3 is 0 Å². The van der Waals surface area contributed by atoms with Crippen molar-refractivity contribution in [2.75, 3.05) is 0 Å². The Kier molecular flexibility index (Phi) is 2.69. The predicted molar refractivity (Wildman–Crippen MR) is 66.1 cm³/mol. The van der Waals surface area contributed by atoms with Crippen molar-refractivity contribution in [2.45, 2.75) is 6.54 Å². The molecule has 0 aromatic heterocycles. The van der Waals surface area contributed by atoms with Crippen LogP contribution in [0.15, 0.2) is 41.3 Å². The van der Waals surface area contributed by atoms with E-state index in [1.807, 2.05) is 30.3 Å². The summed E-state index contributed by atoms with van der Waals surface area (Å²) in [4.78, 5) is 24.8. The molecule has 0 bridgehead atoms. The summed E-state index contributed by atoms with van der Waals surface area (Å²) in [5.41, 5.74) is 2.08. The van der Waals surface area contributed by atoms with Gasteiger partial charge in [-0.05, 0) is 16.5 Å². The maximum Gasteiger partial charge on any atom is 0.246 e. The van der Waals surface area contributed by atoms with Crippen LogP contribution in [0.1, 0.15) is 5.56 Å². The Bertz CT molecular complexity index is 458. The minimum atomic E-state index is -0.175. The van der Waals surface area contributed by atoms with Crippen molar-refractivity contribution in [3.8, 4) is 0 Å². The van der Waals surface area contributed by atoms with Crippen LogP contribution in [-0.4, -0.2) is 32.4 Å². The fourth-order valence-electron chi connectivity index (χ4n) is 1.73. The van der Waals surface area contributed by atoms with E-state index in [1.54, 1.807) is 15.7 Å². The van der Waals surface area contributed by atoms with Crippen LogP contribution in [-0.2, 0) is 16.1 Å². The second-order valence-electron chi connectivity index (χ2n) is 3.93. The fourth-order valence-corrected chi connectivity index (χ4v) is 1.73. The number of hydrogen-bond donors (Lipinski definition) is 0. The number of rotatable bonds is 2. The van der Waals surface area contributed by atoms with Crippen LogP contribution in [0.5, 0.6) is 0 Å². The van der Waals surface area contributed by atoms with Crippen molar-refractivity contribution in [3.63, 3.8) is 0 Å². The van der Waals surface area contributed by atoms with Crippen LogP contribution in [0.4, 0.5) is 0 Å². The van der Waals surface area contributed by atoms with Gasteiger partial charge in [0.15, 0.2) is 0 Å². The van der Waals surface area contributed by atoms with E-state index in [0.29, 0.717) is 17.5 Å². The molecule has 5 heteroatoms. The molecule has 1 aliphatic rings. The van der Waals surface area contributed by atoms with Crippen LogP contribution >= 0.6 is 0 Å². The first-order chi connectivity index (χ1) is 7.61. The van der Waals surface area contributed by atoms with Gasteiger partial charge >= 0.3 is 0 Å². The molecular formula is C11H11B2NO2. The molecule has 0 saturated heterocycles. The lowest BCUT2D eigenvalue weighted by Gasteiger charge is -2.14. The van der Waals surface area contributed by atoms with Crippen LogP contribution in [0, 0.1) is 0 Å². The average Bonchev–Trinajstić information content (AvgIpc) is 2.48. The van der Waals surface area contributed by atoms with Gasteiger partial charge in [0, 0.05) is 0 Å². The highest BCUT2D eigenvalue weighted by atomic mass is 16.2. The van der Waals surface area contributed by atoms with Gasteiger partial charge in [0.25, 0.3) is 0 Å². The van der Waals surface area contributed by atoms with Crippen molar-refractivity contribution < 1.29 is 9.59 Å². The van der Waals surface area contributed by atoms with Gasteiger partial charge in [0.05, 0.1) is 6.54 Å². The van der Waals surface area contributed by atoms with E-state index in [2.05, 4.69) is 0 Å². The van der Waals surface area contributed by atoms with Gasteiger partial charge in [-0.25, -0.2) is 0 Å². The van der Waals surface area contributed by atoms with Crippen molar-refractivity contribution in [2.24, 2.45) is 0 Å². The molecular weight excluding hydrogens is 200 g/mol. The Hall–Kier alpha value is -1.77. The van der Waals surface area contributed by atoms with Crippen molar-refractivity contribution in [1.29, 1.82) is 0 Å². The van der Waals surface area contributed by atoms with Crippen LogP contribution in [0.25, 0.3) is 0 Å². The summed E-state index contributed by atoms with van der Waals surface area (Å²) in [6, 6.07) is 9.51. The highest BCUT2D eigenvalue weighted by Crippen LogP contribution is 2.18. The molecule has 1 aromatic carbocycles. The van der Waals surface area contributed by atoms with Gasteiger partial charge in [-0.3, -0.25) is 14.5 Å². The highest BCUT2D eigenvalue weighted by molar-refractivity contribution is 6.53. The van der Waals surface area contributed by atoms with Crippen molar-refractivity contribution in [3.05, 3.63) is 46.8 Å². The summed E-state index contributed by atoms with van der Waals surface area (Å²) in [6.45, 7) is 0.354. The van der Waals surface area contributed by atoms with Gasteiger partial charge in [-0.1, -0.05) is 30.3 Å². The molecule has 0 radical (unpaired) electrons. The zero-order valence-corrected chi connectivity index (χ0v) is 9.36. The van der Waals surface area contributed by atoms with E-state index in [4.69, 9.17) is 0 Å². The van der Waals surface area contributed by atoms with Crippen LogP contribution in [0.2, 0.25) is 0 Å². The Morgan fingerprint density at radius 2 is 1.44 bits per heavy atom. The maximum atomic E-state index is 11.8. The van der Waals surface area contributed by atoms with Gasteiger partial charge in [0.1, 0.15) is 15.7 Å². The third-order valence-electron chi connectivity index (χ3n) is 2.88. The Balaban J connectivity index is 2.21. The summed E-state index contributed by atoms with van der Waals surface area (Å²) < 4.78 is 0. The molecule has 0 aliphatic carbocycles. The first kappa shape index (κ1) is 10.7. The Labute approximate surface area is 95.9 Å². The first-order valence-corrected chi connectivity index (χ1v) is 5.19. The molecule has 1 aliphatic heterocycles. The van der Waals surface area contributed by atoms with E-state index in [1.165, 1.54) is 4.90 Å². The van der Waals surface area contributed by atoms with E-state index < -0.39 is 0 Å². The minimum Gasteiger partial charge on any atom is -0.272 e. The molecule has 0 N–H and O–H groups in total. The van der Waals surface area contributed by atoms with Gasteiger partial charge in [0.2, 0.25) is 11.8 Å². The molecule has 2 amide bonds. The van der Waals surface area contributed by atoms with Crippen molar-refractivity contribution >= 4 is 27.5 Å². The van der Waals surface area contributed by atoms with Gasteiger partial charge in [-0.2, -0.15) is 0 Å². The predicted octanol–water partition coefficient (Wildman–Crippen LogP) is -0.967. The molecule has 2 rings (SSSR count). The molecule has 0 fully saturated rings. The molecule has 1 heterocycles. The molecule has 1 aromatic rings. The van der Waals surface area contributed by atoms with Crippen LogP contribution in [0.3, 0.4) is 0 Å². The number of nitrogens with zero attached hydrogens (tertiary/aromatic N) is 1. The molecule has 3 nitrogen and oxygen atoms in total. The Morgan fingerprint density at radius 3 is 1.94 bits per heavy atom. The normalized spacial score (nSPS) is 16.1. The van der Waals surface area contributed by atoms with E-state index in [9.17, 15) is 9.59 Å². The summed E-state index contributed by atoms with van der Waals surface area (Å²) in [5, 5.41) is 0. The molecule has 0 atom stereocenters. The number of carbonyl (C=O) groups is 2. The summed E-state index contributed by atoms with van der Waals surface area (Å²) in [5.74, 6) is -0.349. The minimum absolute atomic E-state index is 0.175. The molecule has 0 unspecified atom stereocenters. The Morgan fingerprint density at radius 1 is 0.938 bits per heavy atom. The standard InChI is InChI=1S/C11H11B2NO2/c12-8-9(13)11(16)14(10(8)15)6-7-4-2-1-3-5-7/h1-5H,6,12-13H2. The summed E-state index contributed by atoms with van der Waals surface area (Å²) in [6.07, 6.45) is 0. The maximum absolute atomic E-state index is 11.8. The van der Waals surface area contributed by atoms with E-state index >= 15 is 0 Å². The SMILES string of the molecule is BC1=C(B)C(=O)N(Cc2ccccc2)C1=O. The summed E-state index contributed by atoms with van der Waals surface area (Å²) in [7, 11) is 3.39. The molecule has 0 spiro atoms. The molecule has 16 heavy (non-hydrogen) atoms. The smallest absolute Gasteiger partial charge is 0.246 e. The summed E-state index contributed by atoms with van der Waals surface area (Å²) >= 11 is 0. The topological polar surface area (TPSA) is 37.4 Å². The zero-order chi connectivity index (χ0) is 11.7. The van der Waals surface area contributed by atoms with Crippen molar-refractivity contribution in [1.82, 2.24) is 4.90 Å². The third kappa shape index (κ3) is 1.69. The lowest BCUT2D eigenvalue weighted by molar-refractivity contribution is -0.137. The fraction of sp³-hybridized carbons (Fsp3) is 0.0909. The number of imide groups is 1. The molecule has 0 saturated carbocycles. The second kappa shape index (κ2) is 4.00. The number of carbonyl (C=O) groups excluding carboxylic acids is 2. The number of amides is 2. The number of benzene rings is 1. The zero-order valence-electron chi connectivity index (χ0n) is 9.36. The first-order valence-electron chi connectivity index (χ1n) is 5.19. The van der Waals surface area contributed by atoms with Crippen LogP contribution < -0.4 is 0 Å². The lowest BCUT2D eigenvalue weighted by Crippen LogP contribution is -2.31. The van der Waals surface area contributed by atoms with Gasteiger partial charge in [-0.15, -0.1) is 0 Å². The average molecular weight is 211 g/mol. The quantitative estimate of drug-likeness (QED) is 0.466. The molecule has 78 valence electrons. The van der Waals surface area contributed by atoms with E-state index in [-0.39, 0.29) is 11.8 Å². The highest BCUT2D eigenvalue weighted by Gasteiger charge is 2.32. The number of hydrogen-bond acceptors (Lipinski definition) is 2. The van der Waals surface area contributed by atoms with E-state index in [0.717, 1.165) is 5.56 Å². The second-order valence-corrected chi connectivity index (χ2v) is 3.93. The monoisotopic (exact) mass is 211 g/mol. The lowest BCUT2D eigenvalue weighted by atomic mass is 9.82. The third-order valence-corrected chi connectivity index (χ3v) is 2.88. The largest absolute Gasteiger partial charge is 0.272 e.